The quantitative estimate of drug-likeness (QED) is 0.836. The van der Waals surface area contributed by atoms with E-state index in [0.717, 1.165) is 29.0 Å². The highest BCUT2D eigenvalue weighted by Crippen LogP contribution is 2.24. The highest BCUT2D eigenvalue weighted by atomic mass is 35.5. The Kier molecular flexibility index (Phi) is 3.38. The van der Waals surface area contributed by atoms with E-state index in [-0.39, 0.29) is 5.38 Å². The third-order valence-electron chi connectivity index (χ3n) is 2.08. The van der Waals surface area contributed by atoms with E-state index in [0.29, 0.717) is 0 Å². The molecule has 15 heavy (non-hydrogen) atoms. The molecule has 0 aliphatic carbocycles. The van der Waals surface area contributed by atoms with Crippen LogP contribution >= 0.6 is 22.9 Å². The Morgan fingerprint density at radius 2 is 2.40 bits per heavy atom. The van der Waals surface area contributed by atoms with Gasteiger partial charge in [-0.05, 0) is 24.8 Å². The highest BCUT2D eigenvalue weighted by Gasteiger charge is 2.04. The largest absolute Gasteiger partial charge is 0.369 e. The minimum Gasteiger partial charge on any atom is -0.369 e. The fraction of sp³-hybridized carbons (Fsp3) is 0.400. The first-order valence-corrected chi connectivity index (χ1v) is 6.15. The minimum absolute atomic E-state index is 0.193. The van der Waals surface area contributed by atoms with Crippen molar-refractivity contribution >= 4 is 39.0 Å². The Labute approximate surface area is 97.5 Å². The van der Waals surface area contributed by atoms with Crippen molar-refractivity contribution in [1.29, 1.82) is 0 Å². The van der Waals surface area contributed by atoms with Gasteiger partial charge in [0.25, 0.3) is 0 Å². The van der Waals surface area contributed by atoms with Crippen LogP contribution in [0.3, 0.4) is 0 Å². The number of hydrogen-bond donors (Lipinski definition) is 1. The number of halogens is 1. The molecule has 1 N–H and O–H groups in total. The van der Waals surface area contributed by atoms with Crippen molar-refractivity contribution in [2.75, 3.05) is 11.9 Å². The summed E-state index contributed by atoms with van der Waals surface area (Å²) in [5.74, 6) is 0.910. The van der Waals surface area contributed by atoms with Gasteiger partial charge in [0.15, 0.2) is 0 Å². The zero-order valence-electron chi connectivity index (χ0n) is 8.40. The van der Waals surface area contributed by atoms with Crippen LogP contribution < -0.4 is 5.32 Å². The molecule has 0 saturated heterocycles. The van der Waals surface area contributed by atoms with Gasteiger partial charge in [-0.2, -0.15) is 0 Å². The number of fused-ring (bicyclic) bond motifs is 1. The number of rotatable bonds is 4. The number of nitrogens with one attached hydrogen (secondary N) is 1. The highest BCUT2D eigenvalue weighted by molar-refractivity contribution is 7.17. The lowest BCUT2D eigenvalue weighted by Crippen LogP contribution is -2.07. The van der Waals surface area contributed by atoms with E-state index in [1.807, 2.05) is 18.4 Å². The molecular formula is C10H12ClN3S. The molecule has 0 aliphatic rings. The Morgan fingerprint density at radius 1 is 1.53 bits per heavy atom. The molecule has 0 bridgehead atoms. The summed E-state index contributed by atoms with van der Waals surface area (Å²) in [4.78, 5) is 8.40. The van der Waals surface area contributed by atoms with E-state index < -0.39 is 0 Å². The summed E-state index contributed by atoms with van der Waals surface area (Å²) < 4.78 is 1.11. The van der Waals surface area contributed by atoms with Crippen molar-refractivity contribution in [2.45, 2.75) is 18.7 Å². The number of aromatic nitrogens is 2. The van der Waals surface area contributed by atoms with Gasteiger partial charge in [-0.15, -0.1) is 22.9 Å². The molecule has 3 nitrogen and oxygen atoms in total. The van der Waals surface area contributed by atoms with Gasteiger partial charge in [0.05, 0.1) is 10.2 Å². The Balaban J connectivity index is 2.10. The van der Waals surface area contributed by atoms with Gasteiger partial charge >= 0.3 is 0 Å². The molecule has 2 rings (SSSR count). The van der Waals surface area contributed by atoms with Crippen LogP contribution in [0.4, 0.5) is 5.82 Å². The molecule has 0 spiro atoms. The Bertz CT molecular complexity index is 441. The molecule has 80 valence electrons. The first-order chi connectivity index (χ1) is 7.27. The maximum Gasteiger partial charge on any atom is 0.147 e. The summed E-state index contributed by atoms with van der Waals surface area (Å²) in [5, 5.41) is 5.50. The van der Waals surface area contributed by atoms with E-state index in [9.17, 15) is 0 Å². The van der Waals surface area contributed by atoms with Crippen LogP contribution in [0.1, 0.15) is 13.3 Å². The number of nitrogens with zero attached hydrogens (tertiary/aromatic N) is 2. The van der Waals surface area contributed by atoms with E-state index in [1.54, 1.807) is 17.7 Å². The Morgan fingerprint density at radius 3 is 3.20 bits per heavy atom. The minimum atomic E-state index is 0.193. The van der Waals surface area contributed by atoms with Crippen molar-refractivity contribution in [3.63, 3.8) is 0 Å². The third-order valence-corrected chi connectivity index (χ3v) is 3.21. The normalized spacial score (nSPS) is 12.9. The van der Waals surface area contributed by atoms with Gasteiger partial charge in [-0.1, -0.05) is 0 Å². The van der Waals surface area contributed by atoms with Gasteiger partial charge in [0.1, 0.15) is 12.1 Å². The number of hydrogen-bond acceptors (Lipinski definition) is 4. The summed E-state index contributed by atoms with van der Waals surface area (Å²) in [6.07, 6.45) is 2.51. The predicted molar refractivity (Wildman–Crippen MR) is 65.8 cm³/mol. The van der Waals surface area contributed by atoms with Crippen LogP contribution in [0, 0.1) is 0 Å². The third kappa shape index (κ3) is 2.58. The second kappa shape index (κ2) is 4.77. The van der Waals surface area contributed by atoms with Crippen LogP contribution in [0.2, 0.25) is 0 Å². The van der Waals surface area contributed by atoms with Gasteiger partial charge in [-0.25, -0.2) is 9.97 Å². The smallest absolute Gasteiger partial charge is 0.147 e. The molecule has 0 saturated carbocycles. The van der Waals surface area contributed by atoms with Crippen LogP contribution in [-0.2, 0) is 0 Å². The van der Waals surface area contributed by atoms with Crippen LogP contribution in [0.25, 0.3) is 10.2 Å². The molecule has 0 fully saturated rings. The molecule has 0 amide bonds. The van der Waals surface area contributed by atoms with E-state index in [1.165, 1.54) is 0 Å². The molecule has 0 radical (unpaired) electrons. The summed E-state index contributed by atoms with van der Waals surface area (Å²) in [7, 11) is 0. The maximum atomic E-state index is 5.87. The van der Waals surface area contributed by atoms with Gasteiger partial charge < -0.3 is 5.32 Å². The van der Waals surface area contributed by atoms with Gasteiger partial charge in [0.2, 0.25) is 0 Å². The summed E-state index contributed by atoms with van der Waals surface area (Å²) in [5.41, 5.74) is 0.997. The number of anilines is 1. The van der Waals surface area contributed by atoms with Crippen molar-refractivity contribution in [3.05, 3.63) is 17.8 Å². The molecule has 2 aromatic heterocycles. The lowest BCUT2D eigenvalue weighted by Gasteiger charge is -2.06. The first kappa shape index (κ1) is 10.6. The van der Waals surface area contributed by atoms with E-state index in [4.69, 9.17) is 11.6 Å². The average Bonchev–Trinajstić information content (AvgIpc) is 2.65. The predicted octanol–water partition coefficient (Wildman–Crippen LogP) is 3.12. The van der Waals surface area contributed by atoms with Gasteiger partial charge in [0, 0.05) is 11.9 Å². The standard InChI is InChI=1S/C10H12ClN3S/c1-7(11)2-4-12-10-9-8(3-5-15-9)13-6-14-10/h3,5-7H,2,4H2,1H3,(H,12,13,14). The zero-order chi connectivity index (χ0) is 10.7. The van der Waals surface area contributed by atoms with E-state index >= 15 is 0 Å². The number of thiophene rings is 1. The summed E-state index contributed by atoms with van der Waals surface area (Å²) >= 11 is 7.52. The van der Waals surface area contributed by atoms with Crippen molar-refractivity contribution < 1.29 is 0 Å². The van der Waals surface area contributed by atoms with Crippen molar-refractivity contribution in [2.24, 2.45) is 0 Å². The second-order valence-corrected chi connectivity index (χ2v) is 5.01. The molecule has 2 heterocycles. The topological polar surface area (TPSA) is 37.8 Å². The molecular weight excluding hydrogens is 230 g/mol. The molecule has 2 aromatic rings. The first-order valence-electron chi connectivity index (χ1n) is 4.83. The van der Waals surface area contributed by atoms with Crippen LogP contribution in [0.5, 0.6) is 0 Å². The number of alkyl halides is 1. The summed E-state index contributed by atoms with van der Waals surface area (Å²) in [6, 6.07) is 2.00. The maximum absolute atomic E-state index is 5.87. The second-order valence-electron chi connectivity index (χ2n) is 3.35. The molecule has 1 atom stereocenters. The van der Waals surface area contributed by atoms with Crippen LogP contribution in [-0.4, -0.2) is 21.9 Å². The lowest BCUT2D eigenvalue weighted by molar-refractivity contribution is 0.840. The van der Waals surface area contributed by atoms with Crippen molar-refractivity contribution in [1.82, 2.24) is 9.97 Å². The SMILES string of the molecule is CC(Cl)CCNc1ncnc2ccsc12. The van der Waals surface area contributed by atoms with Gasteiger partial charge in [-0.3, -0.25) is 0 Å². The van der Waals surface area contributed by atoms with Crippen LogP contribution in [0.15, 0.2) is 17.8 Å². The van der Waals surface area contributed by atoms with Crippen molar-refractivity contribution in [3.8, 4) is 0 Å². The summed E-state index contributed by atoms with van der Waals surface area (Å²) in [6.45, 7) is 2.83. The zero-order valence-corrected chi connectivity index (χ0v) is 9.98. The monoisotopic (exact) mass is 241 g/mol. The average molecular weight is 242 g/mol. The lowest BCUT2D eigenvalue weighted by atomic mass is 10.3. The fourth-order valence-electron chi connectivity index (χ4n) is 1.30. The Hall–Kier alpha value is -0.870. The molecule has 0 aliphatic heterocycles. The fourth-order valence-corrected chi connectivity index (χ4v) is 2.22. The molecule has 0 aromatic carbocycles. The molecule has 5 heteroatoms. The van der Waals surface area contributed by atoms with E-state index in [2.05, 4.69) is 15.3 Å². The molecule has 1 unspecified atom stereocenters.